The predicted octanol–water partition coefficient (Wildman–Crippen LogP) is 4.59. The molecule has 0 spiro atoms. The molecule has 28 heavy (non-hydrogen) atoms. The highest BCUT2D eigenvalue weighted by Gasteiger charge is 2.28. The van der Waals surface area contributed by atoms with E-state index in [2.05, 4.69) is 21.2 Å². The lowest BCUT2D eigenvalue weighted by molar-refractivity contribution is -0.114. The summed E-state index contributed by atoms with van der Waals surface area (Å²) in [5.41, 5.74) is 1.80. The summed E-state index contributed by atoms with van der Waals surface area (Å²) < 4.78 is 28.4. The van der Waals surface area contributed by atoms with E-state index < -0.39 is 15.9 Å². The molecule has 0 aromatic heterocycles. The van der Waals surface area contributed by atoms with E-state index in [4.69, 9.17) is 0 Å². The summed E-state index contributed by atoms with van der Waals surface area (Å²) in [6.45, 7) is 1.47. The van der Waals surface area contributed by atoms with Crippen molar-refractivity contribution < 1.29 is 13.2 Å². The lowest BCUT2D eigenvalue weighted by Crippen LogP contribution is -2.38. The zero-order chi connectivity index (χ0) is 20.1. The van der Waals surface area contributed by atoms with Gasteiger partial charge in [-0.05, 0) is 58.7 Å². The normalized spacial score (nSPS) is 11.1. The standard InChI is InChI=1S/C21H19BrN2O3S/c1-16-9-5-8-14-20(16)24(28(26,27)17-10-3-2-4-11-17)15-21(25)23-19-13-7-6-12-18(19)22/h2-14H,15H2,1H3,(H,23,25). The molecule has 3 rings (SSSR count). The Bertz CT molecular complexity index is 1090. The third kappa shape index (κ3) is 4.43. The molecule has 3 aromatic carbocycles. The van der Waals surface area contributed by atoms with Gasteiger partial charge in [-0.25, -0.2) is 8.42 Å². The maximum absolute atomic E-state index is 13.3. The Morgan fingerprint density at radius 3 is 2.21 bits per heavy atom. The van der Waals surface area contributed by atoms with Crippen LogP contribution in [0.4, 0.5) is 11.4 Å². The Hall–Kier alpha value is -2.64. The number of amides is 1. The second kappa shape index (κ2) is 8.58. The smallest absolute Gasteiger partial charge is 0.264 e. The van der Waals surface area contributed by atoms with Gasteiger partial charge in [0.25, 0.3) is 10.0 Å². The fourth-order valence-corrected chi connectivity index (χ4v) is 4.64. The SMILES string of the molecule is Cc1ccccc1N(CC(=O)Nc1ccccc1Br)S(=O)(=O)c1ccccc1. The van der Waals surface area contributed by atoms with Gasteiger partial charge in [0.2, 0.25) is 5.91 Å². The Morgan fingerprint density at radius 2 is 1.54 bits per heavy atom. The molecule has 7 heteroatoms. The summed E-state index contributed by atoms with van der Waals surface area (Å²) in [4.78, 5) is 12.8. The summed E-state index contributed by atoms with van der Waals surface area (Å²) >= 11 is 3.38. The molecule has 0 aliphatic heterocycles. The van der Waals surface area contributed by atoms with Crippen LogP contribution in [0.1, 0.15) is 5.56 Å². The van der Waals surface area contributed by atoms with E-state index in [1.807, 2.05) is 25.1 Å². The second-order valence-electron chi connectivity index (χ2n) is 6.14. The van der Waals surface area contributed by atoms with Crippen molar-refractivity contribution in [2.45, 2.75) is 11.8 Å². The van der Waals surface area contributed by atoms with Crippen molar-refractivity contribution in [1.29, 1.82) is 0 Å². The van der Waals surface area contributed by atoms with Gasteiger partial charge in [0, 0.05) is 4.47 Å². The monoisotopic (exact) mass is 458 g/mol. The van der Waals surface area contributed by atoms with E-state index in [1.165, 1.54) is 12.1 Å². The molecule has 1 amide bonds. The molecule has 0 heterocycles. The highest BCUT2D eigenvalue weighted by Crippen LogP contribution is 2.27. The second-order valence-corrected chi connectivity index (χ2v) is 8.86. The highest BCUT2D eigenvalue weighted by atomic mass is 79.9. The molecule has 0 radical (unpaired) electrons. The molecule has 0 bridgehead atoms. The van der Waals surface area contributed by atoms with Gasteiger partial charge in [0.1, 0.15) is 6.54 Å². The first-order valence-electron chi connectivity index (χ1n) is 8.57. The number of halogens is 1. The van der Waals surface area contributed by atoms with Crippen LogP contribution in [0.25, 0.3) is 0 Å². The molecule has 0 atom stereocenters. The minimum absolute atomic E-state index is 0.131. The number of carbonyl (C=O) groups is 1. The van der Waals surface area contributed by atoms with Crippen molar-refractivity contribution in [2.24, 2.45) is 0 Å². The average molecular weight is 459 g/mol. The van der Waals surface area contributed by atoms with Crippen LogP contribution in [0, 0.1) is 6.92 Å². The van der Waals surface area contributed by atoms with Gasteiger partial charge in [-0.3, -0.25) is 9.10 Å². The summed E-state index contributed by atoms with van der Waals surface area (Å²) in [6.07, 6.45) is 0. The Balaban J connectivity index is 1.97. The van der Waals surface area contributed by atoms with Crippen molar-refractivity contribution in [3.05, 3.63) is 88.9 Å². The van der Waals surface area contributed by atoms with Gasteiger partial charge in [-0.15, -0.1) is 0 Å². The van der Waals surface area contributed by atoms with E-state index in [-0.39, 0.29) is 11.4 Å². The maximum atomic E-state index is 13.3. The molecular weight excluding hydrogens is 440 g/mol. The molecule has 1 N–H and O–H groups in total. The molecule has 5 nitrogen and oxygen atoms in total. The molecule has 0 aliphatic carbocycles. The van der Waals surface area contributed by atoms with Crippen LogP contribution < -0.4 is 9.62 Å². The third-order valence-corrected chi connectivity index (χ3v) is 6.62. The van der Waals surface area contributed by atoms with Crippen LogP contribution in [-0.4, -0.2) is 20.9 Å². The zero-order valence-corrected chi connectivity index (χ0v) is 17.6. The number of benzene rings is 3. The Morgan fingerprint density at radius 1 is 0.929 bits per heavy atom. The Kier molecular flexibility index (Phi) is 6.16. The van der Waals surface area contributed by atoms with Gasteiger partial charge in [0.15, 0.2) is 0 Å². The number of sulfonamides is 1. The molecule has 3 aromatic rings. The lowest BCUT2D eigenvalue weighted by atomic mass is 10.2. The number of para-hydroxylation sites is 2. The predicted molar refractivity (Wildman–Crippen MR) is 115 cm³/mol. The van der Waals surface area contributed by atoms with Crippen LogP contribution in [0.5, 0.6) is 0 Å². The summed E-state index contributed by atoms with van der Waals surface area (Å²) in [7, 11) is -3.91. The lowest BCUT2D eigenvalue weighted by Gasteiger charge is -2.25. The quantitative estimate of drug-likeness (QED) is 0.587. The fraction of sp³-hybridized carbons (Fsp3) is 0.0952. The van der Waals surface area contributed by atoms with Gasteiger partial charge in [-0.1, -0.05) is 48.5 Å². The molecular formula is C21H19BrN2O3S. The minimum Gasteiger partial charge on any atom is -0.323 e. The summed E-state index contributed by atoms with van der Waals surface area (Å²) in [6, 6.07) is 22.4. The van der Waals surface area contributed by atoms with Crippen LogP contribution >= 0.6 is 15.9 Å². The van der Waals surface area contributed by atoms with Crippen molar-refractivity contribution in [3.63, 3.8) is 0 Å². The number of hydrogen-bond donors (Lipinski definition) is 1. The molecule has 0 unspecified atom stereocenters. The number of anilines is 2. The van der Waals surface area contributed by atoms with Crippen LogP contribution in [0.15, 0.2) is 88.2 Å². The molecule has 0 saturated heterocycles. The summed E-state index contributed by atoms with van der Waals surface area (Å²) in [5.74, 6) is -0.436. The van der Waals surface area contributed by atoms with Crippen LogP contribution in [-0.2, 0) is 14.8 Å². The molecule has 144 valence electrons. The van der Waals surface area contributed by atoms with Crippen molar-refractivity contribution in [3.8, 4) is 0 Å². The first-order chi connectivity index (χ1) is 13.4. The van der Waals surface area contributed by atoms with E-state index in [0.29, 0.717) is 11.4 Å². The van der Waals surface area contributed by atoms with Crippen LogP contribution in [0.2, 0.25) is 0 Å². The van der Waals surface area contributed by atoms with E-state index in [0.717, 1.165) is 14.3 Å². The van der Waals surface area contributed by atoms with Gasteiger partial charge in [-0.2, -0.15) is 0 Å². The topological polar surface area (TPSA) is 66.5 Å². The number of nitrogens with one attached hydrogen (secondary N) is 1. The highest BCUT2D eigenvalue weighted by molar-refractivity contribution is 9.10. The van der Waals surface area contributed by atoms with Crippen LogP contribution in [0.3, 0.4) is 0 Å². The van der Waals surface area contributed by atoms with Crippen molar-refractivity contribution in [2.75, 3.05) is 16.2 Å². The average Bonchev–Trinajstić information content (AvgIpc) is 2.69. The van der Waals surface area contributed by atoms with E-state index >= 15 is 0 Å². The maximum Gasteiger partial charge on any atom is 0.264 e. The molecule has 0 aliphatic rings. The first-order valence-corrected chi connectivity index (χ1v) is 10.8. The largest absolute Gasteiger partial charge is 0.323 e. The van der Waals surface area contributed by atoms with Gasteiger partial charge in [0.05, 0.1) is 16.3 Å². The number of carbonyl (C=O) groups excluding carboxylic acids is 1. The zero-order valence-electron chi connectivity index (χ0n) is 15.2. The minimum atomic E-state index is -3.91. The van der Waals surface area contributed by atoms with Gasteiger partial charge < -0.3 is 5.32 Å². The van der Waals surface area contributed by atoms with Gasteiger partial charge >= 0.3 is 0 Å². The van der Waals surface area contributed by atoms with E-state index in [9.17, 15) is 13.2 Å². The van der Waals surface area contributed by atoms with Crippen molar-refractivity contribution in [1.82, 2.24) is 0 Å². The first kappa shape index (κ1) is 20.1. The number of hydrogen-bond acceptors (Lipinski definition) is 3. The number of nitrogens with zero attached hydrogens (tertiary/aromatic N) is 1. The third-order valence-electron chi connectivity index (χ3n) is 4.15. The van der Waals surface area contributed by atoms with Crippen molar-refractivity contribution >= 4 is 43.2 Å². The Labute approximate surface area is 173 Å². The number of rotatable bonds is 6. The molecule has 0 saturated carbocycles. The van der Waals surface area contributed by atoms with E-state index in [1.54, 1.807) is 48.5 Å². The summed E-state index contributed by atoms with van der Waals surface area (Å²) in [5, 5.41) is 2.76. The molecule has 0 fully saturated rings. The number of aryl methyl sites for hydroxylation is 1. The fourth-order valence-electron chi connectivity index (χ4n) is 2.75.